The standard InChI is InChI=1S/C17H26/c1-3-13-12-14-8-7-11-17(14,4-2)16-10-6-5-9-15(13)16/h7-8,12,14-16H,3-6,9-11H2,1-2H3. The predicted octanol–water partition coefficient (Wildman–Crippen LogP) is 5.12. The molecule has 0 aromatic carbocycles. The fourth-order valence-electron chi connectivity index (χ4n) is 5.02. The second kappa shape index (κ2) is 4.30. The van der Waals surface area contributed by atoms with E-state index >= 15 is 0 Å². The first-order chi connectivity index (χ1) is 8.31. The summed E-state index contributed by atoms with van der Waals surface area (Å²) in [6, 6.07) is 0. The van der Waals surface area contributed by atoms with Crippen LogP contribution in [0.1, 0.15) is 58.8 Å². The largest absolute Gasteiger partial charge is 0.0873 e. The average Bonchev–Trinajstić information content (AvgIpc) is 2.81. The quantitative estimate of drug-likeness (QED) is 0.578. The third-order valence-corrected chi connectivity index (χ3v) is 5.95. The molecule has 3 aliphatic rings. The zero-order chi connectivity index (χ0) is 11.9. The second-order valence-corrected chi connectivity index (χ2v) is 6.34. The molecule has 0 aromatic heterocycles. The van der Waals surface area contributed by atoms with E-state index in [1.165, 1.54) is 44.9 Å². The Bertz CT molecular complexity index is 349. The van der Waals surface area contributed by atoms with Crippen molar-refractivity contribution in [1.82, 2.24) is 0 Å². The fourth-order valence-corrected chi connectivity index (χ4v) is 5.02. The molecular weight excluding hydrogens is 204 g/mol. The molecule has 0 N–H and O–H groups in total. The molecule has 3 rings (SSSR count). The van der Waals surface area contributed by atoms with E-state index in [-0.39, 0.29) is 0 Å². The highest BCUT2D eigenvalue weighted by atomic mass is 14.5. The summed E-state index contributed by atoms with van der Waals surface area (Å²) in [5, 5.41) is 0. The van der Waals surface area contributed by atoms with Crippen molar-refractivity contribution < 1.29 is 0 Å². The minimum absolute atomic E-state index is 0.615. The zero-order valence-corrected chi connectivity index (χ0v) is 11.4. The normalized spacial score (nSPS) is 44.1. The van der Waals surface area contributed by atoms with Crippen molar-refractivity contribution in [2.24, 2.45) is 23.2 Å². The van der Waals surface area contributed by atoms with Gasteiger partial charge in [0.1, 0.15) is 0 Å². The van der Waals surface area contributed by atoms with Gasteiger partial charge in [-0.15, -0.1) is 0 Å². The summed E-state index contributed by atoms with van der Waals surface area (Å²) in [5.41, 5.74) is 2.40. The molecule has 3 aliphatic carbocycles. The molecule has 0 heteroatoms. The first-order valence-corrected chi connectivity index (χ1v) is 7.69. The Labute approximate surface area is 106 Å². The second-order valence-electron chi connectivity index (χ2n) is 6.34. The van der Waals surface area contributed by atoms with Gasteiger partial charge in [-0.25, -0.2) is 0 Å². The molecule has 0 heterocycles. The molecule has 0 aromatic rings. The van der Waals surface area contributed by atoms with Gasteiger partial charge in [0.05, 0.1) is 0 Å². The van der Waals surface area contributed by atoms with Gasteiger partial charge in [0, 0.05) is 5.92 Å². The van der Waals surface area contributed by atoms with E-state index in [2.05, 4.69) is 32.1 Å². The Balaban J connectivity index is 2.01. The van der Waals surface area contributed by atoms with Crippen molar-refractivity contribution in [1.29, 1.82) is 0 Å². The average molecular weight is 230 g/mol. The highest BCUT2D eigenvalue weighted by molar-refractivity contribution is 5.28. The Morgan fingerprint density at radius 2 is 2.06 bits per heavy atom. The summed E-state index contributed by atoms with van der Waals surface area (Å²) in [5.74, 6) is 2.69. The minimum atomic E-state index is 0.615. The third-order valence-electron chi connectivity index (χ3n) is 5.95. The maximum atomic E-state index is 2.65. The minimum Gasteiger partial charge on any atom is -0.0873 e. The van der Waals surface area contributed by atoms with E-state index in [1.807, 2.05) is 0 Å². The highest BCUT2D eigenvalue weighted by Gasteiger charge is 2.50. The van der Waals surface area contributed by atoms with Crippen molar-refractivity contribution in [3.63, 3.8) is 0 Å². The van der Waals surface area contributed by atoms with E-state index in [0.717, 1.165) is 17.8 Å². The first kappa shape index (κ1) is 11.6. The molecule has 17 heavy (non-hydrogen) atoms. The molecule has 1 fully saturated rings. The van der Waals surface area contributed by atoms with E-state index in [0.29, 0.717) is 5.41 Å². The number of fused-ring (bicyclic) bond motifs is 3. The number of hydrogen-bond donors (Lipinski definition) is 0. The fraction of sp³-hybridized carbons (Fsp3) is 0.765. The van der Waals surface area contributed by atoms with Gasteiger partial charge in [-0.1, -0.05) is 50.5 Å². The van der Waals surface area contributed by atoms with Crippen LogP contribution in [0.25, 0.3) is 0 Å². The van der Waals surface area contributed by atoms with Crippen LogP contribution in [0.2, 0.25) is 0 Å². The predicted molar refractivity (Wildman–Crippen MR) is 73.8 cm³/mol. The van der Waals surface area contributed by atoms with Crippen molar-refractivity contribution >= 4 is 0 Å². The van der Waals surface area contributed by atoms with Crippen molar-refractivity contribution in [2.75, 3.05) is 0 Å². The number of allylic oxidation sites excluding steroid dienone is 4. The first-order valence-electron chi connectivity index (χ1n) is 7.69. The zero-order valence-electron chi connectivity index (χ0n) is 11.4. The monoisotopic (exact) mass is 230 g/mol. The molecule has 0 amide bonds. The molecule has 0 nitrogen and oxygen atoms in total. The van der Waals surface area contributed by atoms with Gasteiger partial charge in [0.15, 0.2) is 0 Å². The molecule has 4 atom stereocenters. The Morgan fingerprint density at radius 3 is 2.82 bits per heavy atom. The van der Waals surface area contributed by atoms with Gasteiger partial charge in [-0.2, -0.15) is 0 Å². The number of hydrogen-bond acceptors (Lipinski definition) is 0. The van der Waals surface area contributed by atoms with Crippen molar-refractivity contribution in [2.45, 2.75) is 58.8 Å². The van der Waals surface area contributed by atoms with E-state index in [9.17, 15) is 0 Å². The molecule has 0 radical (unpaired) electrons. The Morgan fingerprint density at radius 1 is 1.24 bits per heavy atom. The van der Waals surface area contributed by atoms with Crippen LogP contribution in [-0.4, -0.2) is 0 Å². The molecule has 1 saturated carbocycles. The van der Waals surface area contributed by atoms with Gasteiger partial charge in [0.2, 0.25) is 0 Å². The lowest BCUT2D eigenvalue weighted by atomic mass is 9.53. The Hall–Kier alpha value is -0.520. The van der Waals surface area contributed by atoms with Crippen molar-refractivity contribution in [3.8, 4) is 0 Å². The molecule has 94 valence electrons. The van der Waals surface area contributed by atoms with E-state index in [1.54, 1.807) is 5.57 Å². The lowest BCUT2D eigenvalue weighted by Gasteiger charge is -2.51. The topological polar surface area (TPSA) is 0 Å². The van der Waals surface area contributed by atoms with Gasteiger partial charge in [-0.3, -0.25) is 0 Å². The SMILES string of the molecule is CCC1=CC2C=CCC2(CC)C2CCCCC12. The van der Waals surface area contributed by atoms with Gasteiger partial charge in [0.25, 0.3) is 0 Å². The van der Waals surface area contributed by atoms with Crippen LogP contribution in [0.15, 0.2) is 23.8 Å². The summed E-state index contributed by atoms with van der Waals surface area (Å²) in [6.07, 6.45) is 17.5. The van der Waals surface area contributed by atoms with Gasteiger partial charge in [-0.05, 0) is 49.4 Å². The third kappa shape index (κ3) is 1.56. The smallest absolute Gasteiger partial charge is 0.00115 e. The highest BCUT2D eigenvalue weighted by Crippen LogP contribution is 2.59. The molecule has 0 saturated heterocycles. The lowest BCUT2D eigenvalue weighted by Crippen LogP contribution is -2.43. The molecule has 0 spiro atoms. The maximum absolute atomic E-state index is 2.65. The Kier molecular flexibility index (Phi) is 2.92. The molecular formula is C17H26. The van der Waals surface area contributed by atoms with Crippen LogP contribution in [0.5, 0.6) is 0 Å². The molecule has 0 aliphatic heterocycles. The van der Waals surface area contributed by atoms with Crippen LogP contribution < -0.4 is 0 Å². The van der Waals surface area contributed by atoms with Crippen LogP contribution in [-0.2, 0) is 0 Å². The van der Waals surface area contributed by atoms with Crippen LogP contribution in [0.4, 0.5) is 0 Å². The van der Waals surface area contributed by atoms with Gasteiger partial charge >= 0.3 is 0 Å². The van der Waals surface area contributed by atoms with Crippen LogP contribution in [0, 0.1) is 23.2 Å². The van der Waals surface area contributed by atoms with E-state index in [4.69, 9.17) is 0 Å². The summed E-state index contributed by atoms with van der Waals surface area (Å²) >= 11 is 0. The summed E-state index contributed by atoms with van der Waals surface area (Å²) in [4.78, 5) is 0. The van der Waals surface area contributed by atoms with Crippen LogP contribution in [0.3, 0.4) is 0 Å². The lowest BCUT2D eigenvalue weighted by molar-refractivity contribution is 0.0430. The van der Waals surface area contributed by atoms with Gasteiger partial charge < -0.3 is 0 Å². The summed E-state index contributed by atoms with van der Waals surface area (Å²) < 4.78 is 0. The summed E-state index contributed by atoms with van der Waals surface area (Å²) in [7, 11) is 0. The number of rotatable bonds is 2. The molecule has 0 bridgehead atoms. The van der Waals surface area contributed by atoms with E-state index < -0.39 is 0 Å². The maximum Gasteiger partial charge on any atom is 0.00115 e. The molecule has 4 unspecified atom stereocenters. The van der Waals surface area contributed by atoms with Crippen LogP contribution >= 0.6 is 0 Å². The van der Waals surface area contributed by atoms with Crippen molar-refractivity contribution in [3.05, 3.63) is 23.8 Å². The summed E-state index contributed by atoms with van der Waals surface area (Å²) in [6.45, 7) is 4.78.